The third-order valence-corrected chi connectivity index (χ3v) is 3.11. The molecule has 0 saturated carbocycles. The SMILES string of the molecule is CCc1nc(CC)n(-c2ccc(C)cc2/C(N)=N/O)n1. The topological polar surface area (TPSA) is 89.3 Å². The van der Waals surface area contributed by atoms with Crippen LogP contribution in [0.4, 0.5) is 0 Å². The van der Waals surface area contributed by atoms with Crippen molar-refractivity contribution in [3.63, 3.8) is 0 Å². The summed E-state index contributed by atoms with van der Waals surface area (Å²) in [7, 11) is 0. The molecule has 0 aliphatic heterocycles. The van der Waals surface area contributed by atoms with Crippen molar-refractivity contribution < 1.29 is 5.21 Å². The van der Waals surface area contributed by atoms with E-state index in [4.69, 9.17) is 10.9 Å². The Bertz CT molecular complexity index is 645. The molecule has 1 aromatic carbocycles. The first-order valence-corrected chi connectivity index (χ1v) is 6.64. The standard InChI is InChI=1S/C14H19N5O/c1-4-12-16-13(5-2)19(17-12)11-7-6-9(3)8-10(11)14(15)18-20/h6-8,20H,4-5H2,1-3H3,(H2,15,18). The van der Waals surface area contributed by atoms with Crippen LogP contribution in [-0.2, 0) is 12.8 Å². The minimum absolute atomic E-state index is 0.0688. The summed E-state index contributed by atoms with van der Waals surface area (Å²) in [5.74, 6) is 1.71. The van der Waals surface area contributed by atoms with Crippen molar-refractivity contribution in [2.75, 3.05) is 0 Å². The van der Waals surface area contributed by atoms with Crippen LogP contribution in [0.25, 0.3) is 5.69 Å². The first-order valence-electron chi connectivity index (χ1n) is 6.64. The van der Waals surface area contributed by atoms with Gasteiger partial charge in [0, 0.05) is 18.4 Å². The Morgan fingerprint density at radius 1 is 1.35 bits per heavy atom. The van der Waals surface area contributed by atoms with Gasteiger partial charge in [0.15, 0.2) is 11.7 Å². The minimum Gasteiger partial charge on any atom is -0.409 e. The highest BCUT2D eigenvalue weighted by Crippen LogP contribution is 2.18. The quantitative estimate of drug-likeness (QED) is 0.385. The zero-order chi connectivity index (χ0) is 14.7. The number of hydrogen-bond donors (Lipinski definition) is 2. The molecule has 0 amide bonds. The Hall–Kier alpha value is -2.37. The lowest BCUT2D eigenvalue weighted by Gasteiger charge is -2.11. The molecule has 106 valence electrons. The first kappa shape index (κ1) is 14.0. The Kier molecular flexibility index (Phi) is 4.02. The number of nitrogens with two attached hydrogens (primary N) is 1. The molecule has 6 heteroatoms. The van der Waals surface area contributed by atoms with Crippen LogP contribution in [0.3, 0.4) is 0 Å². The van der Waals surface area contributed by atoms with Gasteiger partial charge in [-0.25, -0.2) is 9.67 Å². The van der Waals surface area contributed by atoms with Gasteiger partial charge in [-0.1, -0.05) is 30.6 Å². The second kappa shape index (κ2) is 5.73. The maximum Gasteiger partial charge on any atom is 0.172 e. The highest BCUT2D eigenvalue weighted by molar-refractivity contribution is 6.00. The fourth-order valence-corrected chi connectivity index (χ4v) is 2.06. The van der Waals surface area contributed by atoms with Crippen LogP contribution in [0.5, 0.6) is 0 Å². The molecule has 2 aromatic rings. The number of nitrogens with zero attached hydrogens (tertiary/aromatic N) is 4. The largest absolute Gasteiger partial charge is 0.409 e. The van der Waals surface area contributed by atoms with Gasteiger partial charge >= 0.3 is 0 Å². The molecule has 1 aromatic heterocycles. The molecule has 0 radical (unpaired) electrons. The fraction of sp³-hybridized carbons (Fsp3) is 0.357. The number of hydrogen-bond acceptors (Lipinski definition) is 4. The lowest BCUT2D eigenvalue weighted by molar-refractivity contribution is 0.318. The number of aryl methyl sites for hydroxylation is 3. The summed E-state index contributed by atoms with van der Waals surface area (Å²) >= 11 is 0. The van der Waals surface area contributed by atoms with E-state index in [9.17, 15) is 0 Å². The van der Waals surface area contributed by atoms with Crippen molar-refractivity contribution in [3.8, 4) is 5.69 Å². The van der Waals surface area contributed by atoms with Gasteiger partial charge in [0.25, 0.3) is 0 Å². The van der Waals surface area contributed by atoms with Gasteiger partial charge in [-0.15, -0.1) is 0 Å². The summed E-state index contributed by atoms with van der Waals surface area (Å²) in [6.07, 6.45) is 1.53. The van der Waals surface area contributed by atoms with Gasteiger partial charge in [-0.05, 0) is 19.1 Å². The molecule has 1 heterocycles. The van der Waals surface area contributed by atoms with Crippen LogP contribution < -0.4 is 5.73 Å². The van der Waals surface area contributed by atoms with E-state index >= 15 is 0 Å². The Balaban J connectivity index is 2.66. The van der Waals surface area contributed by atoms with Crippen molar-refractivity contribution in [1.29, 1.82) is 0 Å². The number of aromatic nitrogens is 3. The van der Waals surface area contributed by atoms with Crippen molar-refractivity contribution in [3.05, 3.63) is 41.0 Å². The number of benzene rings is 1. The van der Waals surface area contributed by atoms with E-state index in [0.717, 1.165) is 35.7 Å². The third kappa shape index (κ3) is 2.49. The highest BCUT2D eigenvalue weighted by atomic mass is 16.4. The Labute approximate surface area is 117 Å². The molecule has 3 N–H and O–H groups in total. The maximum absolute atomic E-state index is 8.95. The van der Waals surface area contributed by atoms with Crippen LogP contribution >= 0.6 is 0 Å². The Morgan fingerprint density at radius 2 is 2.10 bits per heavy atom. The molecule has 0 aliphatic rings. The summed E-state index contributed by atoms with van der Waals surface area (Å²) in [5, 5.41) is 16.5. The molecule has 20 heavy (non-hydrogen) atoms. The van der Waals surface area contributed by atoms with Gasteiger partial charge in [-0.3, -0.25) is 0 Å². The van der Waals surface area contributed by atoms with E-state index in [1.807, 2.05) is 39.0 Å². The normalized spacial score (nSPS) is 11.8. The second-order valence-corrected chi connectivity index (χ2v) is 4.57. The number of amidine groups is 1. The monoisotopic (exact) mass is 273 g/mol. The summed E-state index contributed by atoms with van der Waals surface area (Å²) in [6.45, 7) is 5.99. The molecule has 0 saturated heterocycles. The van der Waals surface area contributed by atoms with Crippen molar-refractivity contribution >= 4 is 5.84 Å². The van der Waals surface area contributed by atoms with Crippen molar-refractivity contribution in [1.82, 2.24) is 14.8 Å². The predicted molar refractivity (Wildman–Crippen MR) is 77.4 cm³/mol. The average Bonchev–Trinajstić information content (AvgIpc) is 2.89. The molecule has 2 rings (SSSR count). The lowest BCUT2D eigenvalue weighted by atomic mass is 10.1. The van der Waals surface area contributed by atoms with E-state index < -0.39 is 0 Å². The molecule has 0 aliphatic carbocycles. The first-order chi connectivity index (χ1) is 9.60. The summed E-state index contributed by atoms with van der Waals surface area (Å²) < 4.78 is 1.77. The van der Waals surface area contributed by atoms with Gasteiger partial charge < -0.3 is 10.9 Å². The average molecular weight is 273 g/mol. The summed E-state index contributed by atoms with van der Waals surface area (Å²) in [6, 6.07) is 5.75. The number of oxime groups is 1. The van der Waals surface area contributed by atoms with E-state index in [-0.39, 0.29) is 5.84 Å². The summed E-state index contributed by atoms with van der Waals surface area (Å²) in [4.78, 5) is 4.48. The molecular weight excluding hydrogens is 254 g/mol. The third-order valence-electron chi connectivity index (χ3n) is 3.11. The van der Waals surface area contributed by atoms with Gasteiger partial charge in [-0.2, -0.15) is 5.10 Å². The molecule has 0 fully saturated rings. The van der Waals surface area contributed by atoms with Crippen LogP contribution in [0, 0.1) is 6.92 Å². The van der Waals surface area contributed by atoms with E-state index in [1.54, 1.807) is 4.68 Å². The van der Waals surface area contributed by atoms with Crippen LogP contribution in [0.15, 0.2) is 23.4 Å². The summed E-state index contributed by atoms with van der Waals surface area (Å²) in [5.41, 5.74) is 8.22. The van der Waals surface area contributed by atoms with Gasteiger partial charge in [0.2, 0.25) is 0 Å². The lowest BCUT2D eigenvalue weighted by Crippen LogP contribution is -2.18. The fourth-order valence-electron chi connectivity index (χ4n) is 2.06. The van der Waals surface area contributed by atoms with Crippen molar-refractivity contribution in [2.24, 2.45) is 10.9 Å². The smallest absolute Gasteiger partial charge is 0.172 e. The Morgan fingerprint density at radius 3 is 2.70 bits per heavy atom. The minimum atomic E-state index is 0.0688. The van der Waals surface area contributed by atoms with Crippen molar-refractivity contribution in [2.45, 2.75) is 33.6 Å². The van der Waals surface area contributed by atoms with Gasteiger partial charge in [0.1, 0.15) is 5.82 Å². The van der Waals surface area contributed by atoms with Crippen LogP contribution in [-0.4, -0.2) is 25.8 Å². The molecule has 6 nitrogen and oxygen atoms in total. The van der Waals surface area contributed by atoms with Crippen LogP contribution in [0.1, 0.15) is 36.6 Å². The second-order valence-electron chi connectivity index (χ2n) is 4.57. The van der Waals surface area contributed by atoms with E-state index in [0.29, 0.717) is 5.56 Å². The molecule has 0 unspecified atom stereocenters. The molecule has 0 bridgehead atoms. The van der Waals surface area contributed by atoms with E-state index in [1.165, 1.54) is 0 Å². The van der Waals surface area contributed by atoms with Gasteiger partial charge in [0.05, 0.1) is 5.69 Å². The maximum atomic E-state index is 8.95. The predicted octanol–water partition coefficient (Wildman–Crippen LogP) is 1.80. The highest BCUT2D eigenvalue weighted by Gasteiger charge is 2.15. The molecule has 0 atom stereocenters. The van der Waals surface area contributed by atoms with E-state index in [2.05, 4.69) is 15.2 Å². The molecular formula is C14H19N5O. The zero-order valence-electron chi connectivity index (χ0n) is 12.0. The molecule has 0 spiro atoms. The zero-order valence-corrected chi connectivity index (χ0v) is 12.0. The van der Waals surface area contributed by atoms with Crippen LogP contribution in [0.2, 0.25) is 0 Å². The number of rotatable bonds is 4.